The summed E-state index contributed by atoms with van der Waals surface area (Å²) in [5.74, 6) is -3.42. The van der Waals surface area contributed by atoms with E-state index in [9.17, 15) is 24.3 Å². The summed E-state index contributed by atoms with van der Waals surface area (Å²) in [6.07, 6.45) is 6.48. The summed E-state index contributed by atoms with van der Waals surface area (Å²) in [6.45, 7) is 2.47. The average Bonchev–Trinajstić information content (AvgIpc) is 3.46. The van der Waals surface area contributed by atoms with Gasteiger partial charge in [0, 0.05) is 39.7 Å². The molecule has 4 aliphatic heterocycles. The minimum atomic E-state index is -1.42. The minimum absolute atomic E-state index is 0.0837. The molecule has 46 heavy (non-hydrogen) atoms. The van der Waals surface area contributed by atoms with Crippen molar-refractivity contribution in [3.8, 4) is 0 Å². The van der Waals surface area contributed by atoms with Crippen molar-refractivity contribution in [2.24, 2.45) is 11.8 Å². The van der Waals surface area contributed by atoms with Crippen molar-refractivity contribution >= 4 is 23.7 Å². The van der Waals surface area contributed by atoms with E-state index in [2.05, 4.69) is 0 Å². The van der Waals surface area contributed by atoms with E-state index in [4.69, 9.17) is 9.47 Å². The SMILES string of the molecule is C[C@H]1[C@H](c2ccccc2)OC(=O)[C@@H]2[C@H](/C=C\CCC(=O)N1C)O[C@@]13C=CCN(Cc4ccccc4)C(=O)[C@@H]1N(CCCO)C(=O)[C@@H]23. The first kappa shape index (κ1) is 31.7. The Bertz CT molecular complexity index is 1510. The number of amides is 3. The molecule has 2 saturated heterocycles. The molecule has 2 fully saturated rings. The van der Waals surface area contributed by atoms with Crippen LogP contribution in [0.5, 0.6) is 0 Å². The largest absolute Gasteiger partial charge is 0.455 e. The van der Waals surface area contributed by atoms with Crippen LogP contribution >= 0.6 is 0 Å². The summed E-state index contributed by atoms with van der Waals surface area (Å²) in [7, 11) is 1.70. The highest BCUT2D eigenvalue weighted by Crippen LogP contribution is 2.53. The molecule has 0 saturated carbocycles. The van der Waals surface area contributed by atoms with Crippen LogP contribution in [0.25, 0.3) is 0 Å². The molecule has 4 aliphatic rings. The summed E-state index contributed by atoms with van der Waals surface area (Å²) < 4.78 is 13.0. The summed E-state index contributed by atoms with van der Waals surface area (Å²) in [4.78, 5) is 61.2. The third-order valence-corrected chi connectivity index (χ3v) is 9.79. The molecule has 1 spiro atoms. The molecule has 0 aliphatic carbocycles. The number of rotatable bonds is 6. The first-order chi connectivity index (χ1) is 22.3. The van der Waals surface area contributed by atoms with Crippen LogP contribution in [0.1, 0.15) is 43.4 Å². The van der Waals surface area contributed by atoms with Crippen molar-refractivity contribution < 1.29 is 33.8 Å². The Hall–Kier alpha value is -4.28. The number of cyclic esters (lactones) is 1. The third-order valence-electron chi connectivity index (χ3n) is 9.79. The molecular formula is C36H41N3O7. The molecule has 7 atom stereocenters. The number of likely N-dealkylation sites (N-methyl/N-ethyl adjacent to an activating group) is 1. The highest BCUT2D eigenvalue weighted by atomic mass is 16.6. The molecule has 4 heterocycles. The predicted octanol–water partition coefficient (Wildman–Crippen LogP) is 3.03. The fraction of sp³-hybridized carbons (Fsp3) is 0.444. The van der Waals surface area contributed by atoms with Crippen molar-refractivity contribution in [2.75, 3.05) is 26.7 Å². The molecule has 6 rings (SSSR count). The molecule has 0 radical (unpaired) electrons. The summed E-state index contributed by atoms with van der Waals surface area (Å²) in [6, 6.07) is 17.4. The second kappa shape index (κ2) is 13.2. The number of nitrogens with zero attached hydrogens (tertiary/aromatic N) is 3. The molecule has 2 aromatic carbocycles. The minimum Gasteiger partial charge on any atom is -0.455 e. The Kier molecular flexibility index (Phi) is 9.11. The number of hydrogen-bond acceptors (Lipinski definition) is 7. The van der Waals surface area contributed by atoms with Crippen LogP contribution in [0.4, 0.5) is 0 Å². The number of aliphatic hydroxyl groups excluding tert-OH is 1. The zero-order valence-electron chi connectivity index (χ0n) is 26.2. The van der Waals surface area contributed by atoms with E-state index in [1.807, 2.05) is 79.7 Å². The Morgan fingerprint density at radius 2 is 1.67 bits per heavy atom. The lowest BCUT2D eigenvalue weighted by Crippen LogP contribution is -2.55. The monoisotopic (exact) mass is 627 g/mol. The molecule has 3 amide bonds. The van der Waals surface area contributed by atoms with Crippen molar-refractivity contribution in [3.63, 3.8) is 0 Å². The van der Waals surface area contributed by atoms with Crippen molar-refractivity contribution in [1.82, 2.24) is 14.7 Å². The molecule has 10 heteroatoms. The fourth-order valence-corrected chi connectivity index (χ4v) is 7.36. The fourth-order valence-electron chi connectivity index (χ4n) is 7.36. The quantitative estimate of drug-likeness (QED) is 0.387. The van der Waals surface area contributed by atoms with Gasteiger partial charge >= 0.3 is 5.97 Å². The number of likely N-dealkylation sites (tertiary alicyclic amines) is 1. The van der Waals surface area contributed by atoms with E-state index in [0.717, 1.165) is 11.1 Å². The van der Waals surface area contributed by atoms with Crippen LogP contribution in [-0.2, 0) is 35.2 Å². The van der Waals surface area contributed by atoms with Gasteiger partial charge in [0.2, 0.25) is 17.7 Å². The molecule has 2 aromatic rings. The Morgan fingerprint density at radius 1 is 0.957 bits per heavy atom. The van der Waals surface area contributed by atoms with Crippen LogP contribution in [-0.4, -0.2) is 94.0 Å². The number of benzene rings is 2. The van der Waals surface area contributed by atoms with Crippen LogP contribution in [0.3, 0.4) is 0 Å². The number of fused-ring (bicyclic) bond motifs is 2. The van der Waals surface area contributed by atoms with Gasteiger partial charge in [-0.1, -0.05) is 85.0 Å². The van der Waals surface area contributed by atoms with Gasteiger partial charge < -0.3 is 29.3 Å². The van der Waals surface area contributed by atoms with Gasteiger partial charge in [0.1, 0.15) is 23.7 Å². The molecule has 0 aromatic heterocycles. The molecule has 242 valence electrons. The molecular weight excluding hydrogens is 586 g/mol. The topological polar surface area (TPSA) is 117 Å². The summed E-state index contributed by atoms with van der Waals surface area (Å²) >= 11 is 0. The summed E-state index contributed by atoms with van der Waals surface area (Å²) in [5, 5.41) is 9.70. The lowest BCUT2D eigenvalue weighted by molar-refractivity contribution is -0.164. The van der Waals surface area contributed by atoms with Gasteiger partial charge in [0.05, 0.1) is 18.1 Å². The standard InChI is InChI=1S/C36H41N3O7/c1-24-31(26-15-7-4-8-16-26)45-35(44)29-27(17-9-10-18-28(41)37(24)2)46-36-19-11-20-38(23-25-13-5-3-6-14-25)34(43)32(36)39(21-12-22-40)33(42)30(29)36/h3-9,11,13-17,19,24,27,29-32,40H,10,12,18,20-23H2,1-2H3/b17-9-/t24-,27-,29+,30+,31+,32-,36+/m0/s1. The van der Waals surface area contributed by atoms with Gasteiger partial charge in [-0.2, -0.15) is 0 Å². The van der Waals surface area contributed by atoms with Crippen molar-refractivity contribution in [3.05, 3.63) is 96.1 Å². The van der Waals surface area contributed by atoms with Crippen LogP contribution in [0.2, 0.25) is 0 Å². The Morgan fingerprint density at radius 3 is 2.39 bits per heavy atom. The van der Waals surface area contributed by atoms with Crippen molar-refractivity contribution in [1.29, 1.82) is 0 Å². The van der Waals surface area contributed by atoms with E-state index >= 15 is 0 Å². The number of esters is 1. The number of ether oxygens (including phenoxy) is 2. The number of carbonyl (C=O) groups is 4. The summed E-state index contributed by atoms with van der Waals surface area (Å²) in [5.41, 5.74) is 0.250. The van der Waals surface area contributed by atoms with Gasteiger partial charge in [-0.05, 0) is 30.9 Å². The van der Waals surface area contributed by atoms with Gasteiger partial charge in [-0.15, -0.1) is 0 Å². The van der Waals surface area contributed by atoms with E-state index in [1.54, 1.807) is 29.0 Å². The van der Waals surface area contributed by atoms with E-state index < -0.39 is 47.7 Å². The second-order valence-corrected chi connectivity index (χ2v) is 12.5. The van der Waals surface area contributed by atoms with Gasteiger partial charge in [-0.25, -0.2) is 0 Å². The molecule has 1 N–H and O–H groups in total. The first-order valence-corrected chi connectivity index (χ1v) is 16.0. The zero-order chi connectivity index (χ0) is 32.4. The maximum atomic E-state index is 14.4. The van der Waals surface area contributed by atoms with E-state index in [1.165, 1.54) is 4.90 Å². The molecule has 10 nitrogen and oxygen atoms in total. The predicted molar refractivity (Wildman–Crippen MR) is 169 cm³/mol. The Balaban J connectivity index is 1.41. The first-order valence-electron chi connectivity index (χ1n) is 16.0. The Labute approximate surface area is 269 Å². The number of hydrogen-bond donors (Lipinski definition) is 1. The number of carbonyl (C=O) groups excluding carboxylic acids is 4. The van der Waals surface area contributed by atoms with Gasteiger partial charge in [0.25, 0.3) is 0 Å². The van der Waals surface area contributed by atoms with Crippen LogP contribution in [0, 0.1) is 11.8 Å². The maximum Gasteiger partial charge on any atom is 0.313 e. The maximum absolute atomic E-state index is 14.4. The average molecular weight is 628 g/mol. The highest BCUT2D eigenvalue weighted by molar-refractivity contribution is 5.99. The van der Waals surface area contributed by atoms with Gasteiger partial charge in [-0.3, -0.25) is 19.2 Å². The van der Waals surface area contributed by atoms with E-state index in [0.29, 0.717) is 19.5 Å². The third kappa shape index (κ3) is 5.64. The lowest BCUT2D eigenvalue weighted by atomic mass is 9.77. The number of allylic oxidation sites excluding steroid dienone is 1. The van der Waals surface area contributed by atoms with E-state index in [-0.39, 0.29) is 43.7 Å². The normalized spacial score (nSPS) is 32.2. The lowest BCUT2D eigenvalue weighted by Gasteiger charge is -2.35. The number of aliphatic hydroxyl groups is 1. The van der Waals surface area contributed by atoms with Crippen LogP contribution in [0.15, 0.2) is 85.0 Å². The van der Waals surface area contributed by atoms with Crippen LogP contribution < -0.4 is 0 Å². The van der Waals surface area contributed by atoms with Gasteiger partial charge in [0.15, 0.2) is 0 Å². The highest BCUT2D eigenvalue weighted by Gasteiger charge is 2.71. The second-order valence-electron chi connectivity index (χ2n) is 12.5. The van der Waals surface area contributed by atoms with Crippen molar-refractivity contribution in [2.45, 2.75) is 62.6 Å². The smallest absolute Gasteiger partial charge is 0.313 e. The molecule has 0 unspecified atom stereocenters. The zero-order valence-corrected chi connectivity index (χ0v) is 26.2. The molecule has 0 bridgehead atoms.